The lowest BCUT2D eigenvalue weighted by atomic mass is 9.90. The van der Waals surface area contributed by atoms with Gasteiger partial charge in [-0.1, -0.05) is 48.5 Å². The molecule has 1 atom stereocenters. The fourth-order valence-corrected chi connectivity index (χ4v) is 4.76. The van der Waals surface area contributed by atoms with E-state index >= 15 is 0 Å². The number of ether oxygens (including phenoxy) is 1. The molecule has 1 heterocycles. The van der Waals surface area contributed by atoms with Crippen LogP contribution in [0.25, 0.3) is 0 Å². The van der Waals surface area contributed by atoms with Crippen LogP contribution in [0, 0.1) is 5.92 Å². The molecular formula is C20H23Cl2N5O5S. The molecule has 0 radical (unpaired) electrons. The predicted octanol–water partition coefficient (Wildman–Crippen LogP) is 3.85. The minimum Gasteiger partial charge on any atom is -0.481 e. The van der Waals surface area contributed by atoms with Gasteiger partial charge in [-0.15, -0.1) is 10.2 Å². The number of benzene rings is 1. The van der Waals surface area contributed by atoms with E-state index in [0.29, 0.717) is 20.9 Å². The topological polar surface area (TPSA) is 136 Å². The van der Waals surface area contributed by atoms with Gasteiger partial charge in [0.15, 0.2) is 5.78 Å². The first kappa shape index (κ1) is 25.3. The van der Waals surface area contributed by atoms with Crippen molar-refractivity contribution in [3.63, 3.8) is 0 Å². The maximum absolute atomic E-state index is 12.7. The Kier molecular flexibility index (Phi) is 9.33. The van der Waals surface area contributed by atoms with Gasteiger partial charge in [0.25, 0.3) is 0 Å². The first-order chi connectivity index (χ1) is 15.8. The van der Waals surface area contributed by atoms with E-state index in [0.717, 1.165) is 42.2 Å². The molecule has 1 aromatic carbocycles. The summed E-state index contributed by atoms with van der Waals surface area (Å²) >= 11 is 13.3. The zero-order valence-electron chi connectivity index (χ0n) is 17.6. The maximum atomic E-state index is 12.7. The number of Topliss-reactive ketones (excluding diaryl/α,β-unsaturated/α-hetero) is 1. The lowest BCUT2D eigenvalue weighted by Gasteiger charge is -2.22. The van der Waals surface area contributed by atoms with E-state index in [1.807, 2.05) is 0 Å². The predicted molar refractivity (Wildman–Crippen MR) is 121 cm³/mol. The van der Waals surface area contributed by atoms with Crippen molar-refractivity contribution in [2.24, 2.45) is 5.92 Å². The zero-order chi connectivity index (χ0) is 23.8. The van der Waals surface area contributed by atoms with Gasteiger partial charge in [-0.3, -0.25) is 9.59 Å². The highest BCUT2D eigenvalue weighted by Crippen LogP contribution is 2.36. The van der Waals surface area contributed by atoms with E-state index in [-0.39, 0.29) is 18.3 Å². The molecular weight excluding hydrogens is 493 g/mol. The van der Waals surface area contributed by atoms with E-state index in [9.17, 15) is 14.4 Å². The Labute approximate surface area is 204 Å². The Morgan fingerprint density at radius 2 is 1.91 bits per heavy atom. The third kappa shape index (κ3) is 7.86. The maximum Gasteiger partial charge on any atom is 0.407 e. The summed E-state index contributed by atoms with van der Waals surface area (Å²) in [6.07, 6.45) is 3.94. The highest BCUT2D eigenvalue weighted by Gasteiger charge is 2.26. The fraction of sp³-hybridized carbons (Fsp3) is 0.500. The van der Waals surface area contributed by atoms with Crippen LogP contribution in [0.4, 0.5) is 4.79 Å². The molecule has 1 aromatic heterocycles. The van der Waals surface area contributed by atoms with E-state index in [2.05, 4.69) is 20.7 Å². The first-order valence-corrected chi connectivity index (χ1v) is 12.0. The molecule has 10 nitrogen and oxygen atoms in total. The second-order valence-corrected chi connectivity index (χ2v) is 9.41. The Hall–Kier alpha value is -2.37. The normalized spacial score (nSPS) is 15.1. The summed E-state index contributed by atoms with van der Waals surface area (Å²) in [7, 11) is 0. The van der Waals surface area contributed by atoms with Crippen molar-refractivity contribution < 1.29 is 24.2 Å². The van der Waals surface area contributed by atoms with E-state index < -0.39 is 30.3 Å². The van der Waals surface area contributed by atoms with Gasteiger partial charge >= 0.3 is 12.1 Å². The van der Waals surface area contributed by atoms with Crippen molar-refractivity contribution in [1.29, 1.82) is 0 Å². The van der Waals surface area contributed by atoms with Crippen LogP contribution >= 0.6 is 35.0 Å². The van der Waals surface area contributed by atoms with Crippen molar-refractivity contribution >= 4 is 52.8 Å². The van der Waals surface area contributed by atoms with Crippen LogP contribution in [0.1, 0.15) is 38.5 Å². The Morgan fingerprint density at radius 3 is 2.58 bits per heavy atom. The quantitative estimate of drug-likeness (QED) is 0.483. The molecule has 3 rings (SSSR count). The number of amides is 1. The number of tetrazole rings is 1. The number of alkyl carbamates (subject to hydrolysis) is 1. The molecule has 1 aliphatic rings. The standard InChI is InChI=1S/C20H23Cl2N5O5S/c21-13-7-4-8-14(22)18(13)33-19-24-26-27(25-19)10-16(28)15(9-17(29)30)23-20(31)32-11-12-5-2-1-3-6-12/h4,7-8,12,15H,1-3,5-6,9-11H2,(H,23,31)(H,29,30). The molecule has 13 heteroatoms. The summed E-state index contributed by atoms with van der Waals surface area (Å²) in [6.45, 7) is -0.139. The van der Waals surface area contributed by atoms with E-state index in [4.69, 9.17) is 33.0 Å². The summed E-state index contributed by atoms with van der Waals surface area (Å²) in [6, 6.07) is 3.74. The van der Waals surface area contributed by atoms with Gasteiger partial charge in [0.1, 0.15) is 12.6 Å². The van der Waals surface area contributed by atoms with Crippen molar-refractivity contribution in [1.82, 2.24) is 25.5 Å². The van der Waals surface area contributed by atoms with Crippen LogP contribution in [0.3, 0.4) is 0 Å². The van der Waals surface area contributed by atoms with Gasteiger partial charge < -0.3 is 15.2 Å². The monoisotopic (exact) mass is 515 g/mol. The molecule has 0 bridgehead atoms. The molecule has 0 aliphatic heterocycles. The molecule has 1 unspecified atom stereocenters. The number of carboxylic acids is 1. The molecule has 1 amide bonds. The third-order valence-electron chi connectivity index (χ3n) is 5.08. The molecule has 33 heavy (non-hydrogen) atoms. The van der Waals surface area contributed by atoms with Crippen molar-refractivity contribution in [3.05, 3.63) is 28.2 Å². The molecule has 1 aliphatic carbocycles. The summed E-state index contributed by atoms with van der Waals surface area (Å²) < 4.78 is 5.21. The SMILES string of the molecule is O=C(O)CC(NC(=O)OCC1CCCCC1)C(=O)Cn1nnc(Sc2c(Cl)cccc2Cl)n1. The molecule has 1 fully saturated rings. The smallest absolute Gasteiger partial charge is 0.407 e. The van der Waals surface area contributed by atoms with Gasteiger partial charge in [0, 0.05) is 0 Å². The molecule has 1 saturated carbocycles. The first-order valence-electron chi connectivity index (χ1n) is 10.4. The summed E-state index contributed by atoms with van der Waals surface area (Å²) in [5.41, 5.74) is 0. The number of carbonyl (C=O) groups excluding carboxylic acids is 2. The van der Waals surface area contributed by atoms with Crippen molar-refractivity contribution in [2.45, 2.75) is 61.2 Å². The van der Waals surface area contributed by atoms with E-state index in [1.54, 1.807) is 18.2 Å². The Bertz CT molecular complexity index is 979. The number of ketones is 1. The molecule has 0 spiro atoms. The summed E-state index contributed by atoms with van der Waals surface area (Å²) in [5.74, 6) is -1.55. The number of carbonyl (C=O) groups is 3. The van der Waals surface area contributed by atoms with Gasteiger partial charge in [-0.2, -0.15) is 4.80 Å². The molecule has 178 valence electrons. The molecule has 0 saturated heterocycles. The number of hydrogen-bond acceptors (Lipinski definition) is 8. The van der Waals surface area contributed by atoms with Gasteiger partial charge in [0.05, 0.1) is 28.0 Å². The number of aromatic nitrogens is 4. The highest BCUT2D eigenvalue weighted by atomic mass is 35.5. The fourth-order valence-electron chi connectivity index (χ4n) is 3.41. The summed E-state index contributed by atoms with van der Waals surface area (Å²) in [5, 5.41) is 24.3. The van der Waals surface area contributed by atoms with Crippen LogP contribution in [0.5, 0.6) is 0 Å². The Morgan fingerprint density at radius 1 is 1.21 bits per heavy atom. The second-order valence-electron chi connectivity index (χ2n) is 7.62. The summed E-state index contributed by atoms with van der Waals surface area (Å²) in [4.78, 5) is 37.6. The number of hydrogen-bond donors (Lipinski definition) is 2. The highest BCUT2D eigenvalue weighted by molar-refractivity contribution is 7.99. The lowest BCUT2D eigenvalue weighted by molar-refractivity contribution is -0.139. The van der Waals surface area contributed by atoms with E-state index in [1.165, 1.54) is 6.42 Å². The minimum atomic E-state index is -1.29. The van der Waals surface area contributed by atoms with Crippen LogP contribution < -0.4 is 5.32 Å². The number of aliphatic carboxylic acids is 1. The average Bonchev–Trinajstić information content (AvgIpc) is 3.22. The van der Waals surface area contributed by atoms with Crippen LogP contribution in [-0.2, 0) is 20.9 Å². The average molecular weight is 516 g/mol. The van der Waals surface area contributed by atoms with Gasteiger partial charge in [-0.05, 0) is 47.9 Å². The number of nitrogens with one attached hydrogen (secondary N) is 1. The van der Waals surface area contributed by atoms with Crippen molar-refractivity contribution in [3.8, 4) is 0 Å². The molecule has 2 aromatic rings. The third-order valence-corrected chi connectivity index (χ3v) is 6.92. The van der Waals surface area contributed by atoms with Crippen molar-refractivity contribution in [2.75, 3.05) is 6.61 Å². The van der Waals surface area contributed by atoms with Gasteiger partial charge in [-0.25, -0.2) is 4.79 Å². The number of halogens is 2. The lowest BCUT2D eigenvalue weighted by Crippen LogP contribution is -2.44. The van der Waals surface area contributed by atoms with Crippen LogP contribution in [0.15, 0.2) is 28.3 Å². The van der Waals surface area contributed by atoms with Crippen LogP contribution in [0.2, 0.25) is 10.0 Å². The Balaban J connectivity index is 1.57. The number of carboxylic acid groups (broad SMARTS) is 1. The largest absolute Gasteiger partial charge is 0.481 e. The van der Waals surface area contributed by atoms with Crippen LogP contribution in [-0.4, -0.2) is 55.8 Å². The van der Waals surface area contributed by atoms with Gasteiger partial charge in [0.2, 0.25) is 5.16 Å². The number of nitrogens with zero attached hydrogens (tertiary/aromatic N) is 4. The zero-order valence-corrected chi connectivity index (χ0v) is 19.9. The minimum absolute atomic E-state index is 0.201. The second kappa shape index (κ2) is 12.2. The molecule has 2 N–H and O–H groups in total. The number of rotatable bonds is 10.